The Morgan fingerprint density at radius 1 is 0.682 bits per heavy atom. The van der Waals surface area contributed by atoms with Gasteiger partial charge >= 0.3 is 0 Å². The maximum absolute atomic E-state index is 11.2. The van der Waals surface area contributed by atoms with E-state index in [1.54, 1.807) is 21.2 Å². The molecule has 0 radical (unpaired) electrons. The third kappa shape index (κ3) is 6.30. The fraction of sp³-hybridized carbons (Fsp3) is 0.0625. The van der Waals surface area contributed by atoms with Crippen LogP contribution < -0.4 is 5.32 Å². The van der Waals surface area contributed by atoms with Gasteiger partial charge in [0, 0.05) is 41.1 Å². The van der Waals surface area contributed by atoms with Crippen molar-refractivity contribution >= 4 is 44.5 Å². The first-order valence-electron chi connectivity index (χ1n) is 13.5. The van der Waals surface area contributed by atoms with E-state index in [-0.39, 0.29) is 4.90 Å². The molecule has 4 aromatic heterocycles. The average molecular weight is 624 g/mol. The summed E-state index contributed by atoms with van der Waals surface area (Å²) in [6.45, 7) is 3.81. The number of nitrogens with zero attached hydrogens (tertiary/aromatic N) is 6. The molecule has 0 fully saturated rings. The third-order valence-corrected chi connectivity index (χ3v) is 7.76. The molecule has 3 aromatic carbocycles. The van der Waals surface area contributed by atoms with Crippen molar-refractivity contribution in [3.63, 3.8) is 0 Å². The van der Waals surface area contributed by atoms with E-state index >= 15 is 0 Å². The number of benzene rings is 3. The van der Waals surface area contributed by atoms with Gasteiger partial charge in [-0.15, -0.1) is 0 Å². The van der Waals surface area contributed by atoms with Gasteiger partial charge in [0.05, 0.1) is 27.7 Å². The molecular weight excluding hydrogens is 598 g/mol. The van der Waals surface area contributed by atoms with Crippen LogP contribution >= 0.6 is 11.6 Å². The number of anilines is 2. The van der Waals surface area contributed by atoms with E-state index in [0.717, 1.165) is 39.5 Å². The number of fused-ring (bicyclic) bond motifs is 2. The number of rotatable bonds is 5. The molecule has 0 saturated carbocycles. The van der Waals surface area contributed by atoms with Gasteiger partial charge in [-0.05, 0) is 38.1 Å². The maximum Gasteiger partial charge on any atom is 0.294 e. The molecule has 0 aliphatic carbocycles. The van der Waals surface area contributed by atoms with E-state index < -0.39 is 10.1 Å². The highest BCUT2D eigenvalue weighted by atomic mass is 35.5. The summed E-state index contributed by atoms with van der Waals surface area (Å²) in [4.78, 5) is 9.05. The van der Waals surface area contributed by atoms with Crippen LogP contribution in [0.15, 0.2) is 114 Å². The van der Waals surface area contributed by atoms with Crippen molar-refractivity contribution in [2.45, 2.75) is 18.7 Å². The molecule has 0 amide bonds. The summed E-state index contributed by atoms with van der Waals surface area (Å²) in [7, 11) is -4.22. The van der Waals surface area contributed by atoms with Gasteiger partial charge in [-0.25, -0.2) is 14.5 Å². The molecule has 44 heavy (non-hydrogen) atoms. The highest BCUT2D eigenvalue weighted by Crippen LogP contribution is 2.26. The fourth-order valence-electron chi connectivity index (χ4n) is 4.60. The van der Waals surface area contributed by atoms with Gasteiger partial charge in [-0.3, -0.25) is 4.55 Å². The number of halogens is 1. The molecular formula is C32H26ClN7O3S. The second-order valence-electron chi connectivity index (χ2n) is 9.96. The van der Waals surface area contributed by atoms with Gasteiger partial charge in [0.2, 0.25) is 0 Å². The lowest BCUT2D eigenvalue weighted by atomic mass is 10.1. The van der Waals surface area contributed by atoms with Crippen molar-refractivity contribution in [2.75, 3.05) is 5.32 Å². The van der Waals surface area contributed by atoms with Crippen LogP contribution in [0.2, 0.25) is 5.15 Å². The normalized spacial score (nSPS) is 11.4. The SMILES string of the molecule is Cc1cc2nc(-c3ccccc3)cc(Cl)n2n1.Cc1cc2nc(-c3ccccc3)cc(Nc3ccc(S(=O)(=O)O)cc3)n2n1. The summed E-state index contributed by atoms with van der Waals surface area (Å²) in [5, 5.41) is 12.5. The lowest BCUT2D eigenvalue weighted by Gasteiger charge is -2.11. The van der Waals surface area contributed by atoms with Crippen molar-refractivity contribution in [3.05, 3.63) is 126 Å². The molecule has 2 N–H and O–H groups in total. The molecule has 7 aromatic rings. The molecule has 0 aliphatic heterocycles. The third-order valence-electron chi connectivity index (χ3n) is 6.62. The smallest absolute Gasteiger partial charge is 0.294 e. The fourth-order valence-corrected chi connectivity index (χ4v) is 5.31. The molecule has 7 rings (SSSR count). The van der Waals surface area contributed by atoms with Gasteiger partial charge < -0.3 is 5.32 Å². The van der Waals surface area contributed by atoms with Gasteiger partial charge in [0.1, 0.15) is 11.0 Å². The summed E-state index contributed by atoms with van der Waals surface area (Å²) in [5.41, 5.74) is 7.55. The van der Waals surface area contributed by atoms with Crippen LogP contribution in [0, 0.1) is 13.8 Å². The highest BCUT2D eigenvalue weighted by molar-refractivity contribution is 7.85. The van der Waals surface area contributed by atoms with E-state index in [0.29, 0.717) is 22.3 Å². The van der Waals surface area contributed by atoms with E-state index in [9.17, 15) is 8.42 Å². The largest absolute Gasteiger partial charge is 0.340 e. The van der Waals surface area contributed by atoms with Crippen LogP contribution in [0.3, 0.4) is 0 Å². The first-order chi connectivity index (χ1) is 21.1. The Balaban J connectivity index is 0.000000173. The Labute approximate surface area is 258 Å². The van der Waals surface area contributed by atoms with Crippen LogP contribution in [0.4, 0.5) is 11.5 Å². The summed E-state index contributed by atoms with van der Waals surface area (Å²) >= 11 is 6.19. The molecule has 0 bridgehead atoms. The second-order valence-corrected chi connectivity index (χ2v) is 11.8. The van der Waals surface area contributed by atoms with Gasteiger partial charge in [-0.1, -0.05) is 72.3 Å². The number of aromatic nitrogens is 6. The Morgan fingerprint density at radius 2 is 1.18 bits per heavy atom. The molecule has 0 spiro atoms. The highest BCUT2D eigenvalue weighted by Gasteiger charge is 2.12. The maximum atomic E-state index is 11.2. The molecule has 220 valence electrons. The van der Waals surface area contributed by atoms with E-state index in [1.807, 2.05) is 98.8 Å². The van der Waals surface area contributed by atoms with Crippen molar-refractivity contribution in [1.82, 2.24) is 29.2 Å². The molecule has 0 unspecified atom stereocenters. The Kier molecular flexibility index (Phi) is 7.83. The number of hydrogen-bond acceptors (Lipinski definition) is 7. The van der Waals surface area contributed by atoms with Crippen LogP contribution in [0.5, 0.6) is 0 Å². The van der Waals surface area contributed by atoms with Crippen LogP contribution in [0.1, 0.15) is 11.4 Å². The quantitative estimate of drug-likeness (QED) is 0.154. The average Bonchev–Trinajstić information content (AvgIpc) is 3.59. The Morgan fingerprint density at radius 3 is 1.73 bits per heavy atom. The number of hydrogen-bond donors (Lipinski definition) is 2. The minimum Gasteiger partial charge on any atom is -0.340 e. The lowest BCUT2D eigenvalue weighted by Crippen LogP contribution is -2.03. The first kappa shape index (κ1) is 29.0. The standard InChI is InChI=1S/C19H16N4O3S.C13H10ClN3/c1-13-11-18-21-17(14-5-3-2-4-6-14)12-19(23(18)22-13)20-15-7-9-16(10-8-15)27(24,25)26;1-9-7-13-15-11(8-12(14)17(13)16-9)10-5-3-2-4-6-10/h2-12,20H,1H3,(H,24,25,26);2-8H,1H3. The summed E-state index contributed by atoms with van der Waals surface area (Å²) in [5.74, 6) is 0.687. The van der Waals surface area contributed by atoms with Crippen molar-refractivity contribution in [3.8, 4) is 22.5 Å². The van der Waals surface area contributed by atoms with Gasteiger partial charge in [0.25, 0.3) is 10.1 Å². The van der Waals surface area contributed by atoms with E-state index in [1.165, 1.54) is 12.1 Å². The monoisotopic (exact) mass is 623 g/mol. The van der Waals surface area contributed by atoms with Crippen molar-refractivity contribution < 1.29 is 13.0 Å². The molecule has 4 heterocycles. The van der Waals surface area contributed by atoms with Gasteiger partial charge in [-0.2, -0.15) is 23.1 Å². The van der Waals surface area contributed by atoms with Crippen LogP contribution in [-0.4, -0.2) is 42.2 Å². The second kappa shape index (κ2) is 11.9. The van der Waals surface area contributed by atoms with Crippen LogP contribution in [0.25, 0.3) is 33.8 Å². The predicted molar refractivity (Wildman–Crippen MR) is 171 cm³/mol. The topological polar surface area (TPSA) is 127 Å². The summed E-state index contributed by atoms with van der Waals surface area (Å²) < 4.78 is 34.8. The zero-order chi connectivity index (χ0) is 30.8. The Hall–Kier alpha value is -5.10. The van der Waals surface area contributed by atoms with Crippen LogP contribution in [-0.2, 0) is 10.1 Å². The van der Waals surface area contributed by atoms with Crippen molar-refractivity contribution in [2.24, 2.45) is 0 Å². The van der Waals surface area contributed by atoms with E-state index in [2.05, 4.69) is 25.5 Å². The molecule has 10 nitrogen and oxygen atoms in total. The molecule has 0 aliphatic rings. The number of nitrogens with one attached hydrogen (secondary N) is 1. The Bertz CT molecular complexity index is 2200. The zero-order valence-corrected chi connectivity index (χ0v) is 25.2. The molecule has 0 saturated heterocycles. The molecule has 12 heteroatoms. The lowest BCUT2D eigenvalue weighted by molar-refractivity contribution is 0.483. The van der Waals surface area contributed by atoms with E-state index in [4.69, 9.17) is 16.2 Å². The molecule has 0 atom stereocenters. The summed E-state index contributed by atoms with van der Waals surface area (Å²) in [6.07, 6.45) is 0. The van der Waals surface area contributed by atoms with Gasteiger partial charge in [0.15, 0.2) is 11.3 Å². The van der Waals surface area contributed by atoms with Crippen molar-refractivity contribution in [1.29, 1.82) is 0 Å². The first-order valence-corrected chi connectivity index (χ1v) is 15.3. The summed E-state index contributed by atoms with van der Waals surface area (Å²) in [6, 6.07) is 33.1. The number of aryl methyl sites for hydroxylation is 2. The predicted octanol–water partition coefficient (Wildman–Crippen LogP) is 7.05. The zero-order valence-electron chi connectivity index (χ0n) is 23.6. The minimum atomic E-state index is -4.22. The minimum absolute atomic E-state index is 0.159.